The number of nitrogens with two attached hydrogens (primary N) is 1. The number of carbonyl (C=O) groups excluding carboxylic acids is 1. The molecule has 7 nitrogen and oxygen atoms in total. The molecule has 0 aromatic carbocycles. The Morgan fingerprint density at radius 2 is 2.07 bits per heavy atom. The van der Waals surface area contributed by atoms with Crippen LogP contribution in [0.2, 0.25) is 0 Å². The van der Waals surface area contributed by atoms with Crippen molar-refractivity contribution < 1.29 is 14.6 Å². The van der Waals surface area contributed by atoms with Crippen LogP contribution in [0.25, 0.3) is 28.2 Å². The predicted octanol–water partition coefficient (Wildman–Crippen LogP) is 2.66. The van der Waals surface area contributed by atoms with Crippen LogP contribution in [0.15, 0.2) is 42.9 Å². The van der Waals surface area contributed by atoms with E-state index in [0.29, 0.717) is 18.9 Å². The van der Waals surface area contributed by atoms with Gasteiger partial charge in [-0.15, -0.1) is 0 Å². The van der Waals surface area contributed by atoms with Crippen molar-refractivity contribution in [2.45, 2.75) is 25.9 Å². The lowest BCUT2D eigenvalue weighted by Crippen LogP contribution is -2.21. The molecule has 0 saturated heterocycles. The van der Waals surface area contributed by atoms with Crippen LogP contribution in [0.5, 0.6) is 5.88 Å². The van der Waals surface area contributed by atoms with Crippen LogP contribution in [0.4, 0.5) is 0 Å². The number of amides is 1. The van der Waals surface area contributed by atoms with Crippen LogP contribution in [0.3, 0.4) is 0 Å². The quantitative estimate of drug-likeness (QED) is 0.556. The molecule has 140 valence electrons. The molecule has 0 atom stereocenters. The third-order valence-electron chi connectivity index (χ3n) is 4.02. The van der Waals surface area contributed by atoms with Gasteiger partial charge in [0.2, 0.25) is 11.8 Å². The average Bonchev–Trinajstić information content (AvgIpc) is 3.02. The summed E-state index contributed by atoms with van der Waals surface area (Å²) in [5, 5.41) is 10.6. The summed E-state index contributed by atoms with van der Waals surface area (Å²) in [5.41, 5.74) is 7.74. The van der Waals surface area contributed by atoms with Crippen molar-refractivity contribution in [2.24, 2.45) is 5.73 Å². The number of H-pyrrole nitrogens is 1. The molecule has 0 radical (unpaired) electrons. The van der Waals surface area contributed by atoms with Crippen molar-refractivity contribution in [1.29, 1.82) is 0 Å². The minimum atomic E-state index is -0.766. The fraction of sp³-hybridized carbons (Fsp3) is 0.250. The van der Waals surface area contributed by atoms with E-state index >= 15 is 0 Å². The van der Waals surface area contributed by atoms with Gasteiger partial charge < -0.3 is 20.6 Å². The first-order chi connectivity index (χ1) is 12.8. The summed E-state index contributed by atoms with van der Waals surface area (Å²) in [7, 11) is 0. The van der Waals surface area contributed by atoms with Crippen LogP contribution in [-0.2, 0) is 4.79 Å². The van der Waals surface area contributed by atoms with E-state index in [1.807, 2.05) is 12.1 Å². The Morgan fingerprint density at radius 1 is 1.30 bits per heavy atom. The number of fused-ring (bicyclic) bond motifs is 1. The summed E-state index contributed by atoms with van der Waals surface area (Å²) < 4.78 is 5.56. The van der Waals surface area contributed by atoms with Crippen molar-refractivity contribution in [3.63, 3.8) is 0 Å². The van der Waals surface area contributed by atoms with E-state index < -0.39 is 11.5 Å². The molecule has 0 unspecified atom stereocenters. The molecule has 0 aliphatic carbocycles. The second-order valence-electron chi connectivity index (χ2n) is 6.90. The summed E-state index contributed by atoms with van der Waals surface area (Å²) in [6.07, 6.45) is 8.74. The second kappa shape index (κ2) is 7.59. The number of aromatic amines is 1. The van der Waals surface area contributed by atoms with Crippen molar-refractivity contribution in [1.82, 2.24) is 15.0 Å². The molecule has 27 heavy (non-hydrogen) atoms. The molecular weight excluding hydrogens is 344 g/mol. The van der Waals surface area contributed by atoms with Crippen LogP contribution in [0.1, 0.15) is 25.8 Å². The zero-order chi connectivity index (χ0) is 19.4. The number of aliphatic hydroxyl groups is 1. The Labute approximate surface area is 156 Å². The average molecular weight is 366 g/mol. The Kier molecular flexibility index (Phi) is 5.23. The van der Waals surface area contributed by atoms with Gasteiger partial charge >= 0.3 is 0 Å². The first-order valence-corrected chi connectivity index (χ1v) is 8.58. The summed E-state index contributed by atoms with van der Waals surface area (Å²) in [5.74, 6) is 0.00148. The fourth-order valence-corrected chi connectivity index (χ4v) is 2.53. The van der Waals surface area contributed by atoms with E-state index in [4.69, 9.17) is 10.5 Å². The lowest BCUT2D eigenvalue weighted by molar-refractivity contribution is -0.113. The summed E-state index contributed by atoms with van der Waals surface area (Å²) >= 11 is 0. The standard InChI is InChI=1S/C20H22N4O3/c1-20(2,26)7-8-27-18-6-4-13(10-22-18)15-9-16-14(3-5-17(21)25)11-23-19(16)24-12-15/h3-6,9-12,26H,7-8H2,1-2H3,(H2,21,25)(H,23,24). The van der Waals surface area contributed by atoms with E-state index in [2.05, 4.69) is 15.0 Å². The van der Waals surface area contributed by atoms with Gasteiger partial charge in [-0.2, -0.15) is 0 Å². The molecule has 0 fully saturated rings. The topological polar surface area (TPSA) is 114 Å². The highest BCUT2D eigenvalue weighted by Gasteiger charge is 2.12. The number of ether oxygens (including phenoxy) is 1. The summed E-state index contributed by atoms with van der Waals surface area (Å²) in [6.45, 7) is 3.87. The van der Waals surface area contributed by atoms with Gasteiger partial charge in [-0.1, -0.05) is 0 Å². The summed E-state index contributed by atoms with van der Waals surface area (Å²) in [4.78, 5) is 22.7. The van der Waals surface area contributed by atoms with E-state index in [1.54, 1.807) is 44.6 Å². The molecule has 0 aliphatic rings. The van der Waals surface area contributed by atoms with Crippen LogP contribution in [0, 0.1) is 0 Å². The van der Waals surface area contributed by atoms with Gasteiger partial charge in [0, 0.05) is 59.2 Å². The lowest BCUT2D eigenvalue weighted by Gasteiger charge is -2.16. The molecule has 4 N–H and O–H groups in total. The first kappa shape index (κ1) is 18.6. The largest absolute Gasteiger partial charge is 0.478 e. The first-order valence-electron chi connectivity index (χ1n) is 8.58. The van der Waals surface area contributed by atoms with Crippen LogP contribution in [-0.4, -0.2) is 38.2 Å². The normalized spacial score (nSPS) is 12.0. The van der Waals surface area contributed by atoms with E-state index in [9.17, 15) is 9.90 Å². The van der Waals surface area contributed by atoms with Gasteiger partial charge in [0.1, 0.15) is 5.65 Å². The maximum absolute atomic E-state index is 11.0. The number of nitrogens with one attached hydrogen (secondary N) is 1. The number of hydrogen-bond acceptors (Lipinski definition) is 5. The van der Waals surface area contributed by atoms with Crippen LogP contribution < -0.4 is 10.5 Å². The highest BCUT2D eigenvalue weighted by Crippen LogP contribution is 2.26. The Bertz CT molecular complexity index is 969. The molecule has 0 spiro atoms. The Balaban J connectivity index is 1.78. The zero-order valence-corrected chi connectivity index (χ0v) is 15.3. The molecular formula is C20H22N4O3. The Morgan fingerprint density at radius 3 is 2.74 bits per heavy atom. The number of pyridine rings is 2. The van der Waals surface area contributed by atoms with Crippen LogP contribution >= 0.6 is 0 Å². The third-order valence-corrected chi connectivity index (χ3v) is 4.02. The van der Waals surface area contributed by atoms with Gasteiger partial charge in [-0.25, -0.2) is 9.97 Å². The minimum Gasteiger partial charge on any atom is -0.478 e. The number of aromatic nitrogens is 3. The summed E-state index contributed by atoms with van der Waals surface area (Å²) in [6, 6.07) is 5.67. The van der Waals surface area contributed by atoms with Gasteiger partial charge in [-0.3, -0.25) is 4.79 Å². The zero-order valence-electron chi connectivity index (χ0n) is 15.3. The maximum Gasteiger partial charge on any atom is 0.241 e. The fourth-order valence-electron chi connectivity index (χ4n) is 2.53. The highest BCUT2D eigenvalue weighted by molar-refractivity contribution is 5.95. The smallest absolute Gasteiger partial charge is 0.241 e. The Hall–Kier alpha value is -3.19. The monoisotopic (exact) mass is 366 g/mol. The third kappa shape index (κ3) is 4.92. The van der Waals surface area contributed by atoms with Crippen molar-refractivity contribution >= 4 is 23.0 Å². The van der Waals surface area contributed by atoms with Gasteiger partial charge in [0.25, 0.3) is 0 Å². The van der Waals surface area contributed by atoms with Gasteiger partial charge in [-0.05, 0) is 32.1 Å². The number of hydrogen-bond donors (Lipinski definition) is 3. The number of nitrogens with zero attached hydrogens (tertiary/aromatic N) is 2. The lowest BCUT2D eigenvalue weighted by atomic mass is 10.1. The van der Waals surface area contributed by atoms with E-state index in [1.165, 1.54) is 6.08 Å². The SMILES string of the molecule is CC(C)(O)CCOc1ccc(-c2cnc3[nH]cc(C=CC(N)=O)c3c2)cn1. The van der Waals surface area contributed by atoms with Gasteiger partial charge in [0.15, 0.2) is 0 Å². The van der Waals surface area contributed by atoms with Crippen molar-refractivity contribution in [3.8, 4) is 17.0 Å². The number of carbonyl (C=O) groups is 1. The molecule has 3 rings (SSSR count). The molecule has 0 aliphatic heterocycles. The van der Waals surface area contributed by atoms with Crippen molar-refractivity contribution in [2.75, 3.05) is 6.61 Å². The molecule has 3 aromatic heterocycles. The molecule has 3 heterocycles. The molecule has 1 amide bonds. The molecule has 3 aromatic rings. The number of primary amides is 1. The predicted molar refractivity (Wildman–Crippen MR) is 104 cm³/mol. The molecule has 0 saturated carbocycles. The maximum atomic E-state index is 11.0. The van der Waals surface area contributed by atoms with Gasteiger partial charge in [0.05, 0.1) is 12.2 Å². The highest BCUT2D eigenvalue weighted by atomic mass is 16.5. The molecule has 7 heteroatoms. The van der Waals surface area contributed by atoms with E-state index in [-0.39, 0.29) is 0 Å². The minimum absolute atomic E-state index is 0.391. The second-order valence-corrected chi connectivity index (χ2v) is 6.90. The van der Waals surface area contributed by atoms with Crippen molar-refractivity contribution in [3.05, 3.63) is 48.4 Å². The van der Waals surface area contributed by atoms with E-state index in [0.717, 1.165) is 27.7 Å². The number of rotatable bonds is 7. The molecule has 0 bridgehead atoms.